The highest BCUT2D eigenvalue weighted by Gasteiger charge is 2.29. The van der Waals surface area contributed by atoms with Crippen LogP contribution in [0.15, 0.2) is 0 Å². The van der Waals surface area contributed by atoms with E-state index >= 15 is 0 Å². The van der Waals surface area contributed by atoms with Gasteiger partial charge in [-0.2, -0.15) is 8.78 Å². The third kappa shape index (κ3) is 2.38. The van der Waals surface area contributed by atoms with Crippen LogP contribution in [0.2, 0.25) is 0 Å². The van der Waals surface area contributed by atoms with E-state index in [0.29, 0.717) is 0 Å². The lowest BCUT2D eigenvalue weighted by atomic mass is 10.2. The summed E-state index contributed by atoms with van der Waals surface area (Å²) in [6.45, 7) is -2.54. The lowest BCUT2D eigenvalue weighted by Gasteiger charge is -2.08. The molecule has 1 heterocycles. The maximum Gasteiger partial charge on any atom is 0.345 e. The molecule has 0 spiro atoms. The number of carbonyl (C=O) groups excluding carboxylic acids is 1. The molecule has 1 saturated heterocycles. The zero-order valence-electron chi connectivity index (χ0n) is 6.30. The zero-order chi connectivity index (χ0) is 9.14. The van der Waals surface area contributed by atoms with Crippen LogP contribution >= 0.6 is 0 Å². The molecule has 70 valence electrons. The number of halogens is 2. The minimum Gasteiger partial charge on any atom is -0.368 e. The van der Waals surface area contributed by atoms with Crippen LogP contribution < -0.4 is 11.1 Å². The van der Waals surface area contributed by atoms with Gasteiger partial charge in [0.05, 0.1) is 12.1 Å². The summed E-state index contributed by atoms with van der Waals surface area (Å²) in [6, 6.07) is -0.534. The molecule has 1 rings (SSSR count). The van der Waals surface area contributed by atoms with E-state index in [1.165, 1.54) is 0 Å². The molecule has 0 saturated carbocycles. The molecule has 0 bridgehead atoms. The lowest BCUT2D eigenvalue weighted by Crippen LogP contribution is -2.36. The molecular weight excluding hydrogens is 170 g/mol. The molecule has 1 aliphatic heterocycles. The Bertz CT molecular complexity index is 177. The Morgan fingerprint density at radius 3 is 2.75 bits per heavy atom. The average Bonchev–Trinajstić information content (AvgIpc) is 2.34. The Morgan fingerprint density at radius 2 is 2.33 bits per heavy atom. The maximum atomic E-state index is 11.6. The smallest absolute Gasteiger partial charge is 0.345 e. The zero-order valence-corrected chi connectivity index (χ0v) is 6.30. The normalized spacial score (nSPS) is 29.6. The van der Waals surface area contributed by atoms with Crippen LogP contribution in [0.5, 0.6) is 0 Å². The number of nitrogens with two attached hydrogens (primary N) is 1. The van der Waals surface area contributed by atoms with Crippen molar-refractivity contribution in [2.45, 2.75) is 25.2 Å². The first-order valence-electron chi connectivity index (χ1n) is 3.56. The molecule has 0 aromatic rings. The van der Waals surface area contributed by atoms with E-state index < -0.39 is 24.7 Å². The number of rotatable bonds is 3. The molecule has 0 aromatic heterocycles. The van der Waals surface area contributed by atoms with Crippen molar-refractivity contribution in [3.63, 3.8) is 0 Å². The molecule has 6 heteroatoms. The highest BCUT2D eigenvalue weighted by Crippen LogP contribution is 2.12. The van der Waals surface area contributed by atoms with E-state index in [-0.39, 0.29) is 13.0 Å². The second-order valence-corrected chi connectivity index (χ2v) is 2.62. The summed E-state index contributed by atoms with van der Waals surface area (Å²) in [5, 5.41) is 2.68. The van der Waals surface area contributed by atoms with E-state index in [4.69, 9.17) is 5.73 Å². The van der Waals surface area contributed by atoms with Gasteiger partial charge in [0.2, 0.25) is 5.91 Å². The number of ether oxygens (including phenoxy) is 1. The van der Waals surface area contributed by atoms with Crippen LogP contribution in [-0.4, -0.2) is 31.2 Å². The van der Waals surface area contributed by atoms with Gasteiger partial charge in [-0.15, -0.1) is 0 Å². The van der Waals surface area contributed by atoms with E-state index in [2.05, 4.69) is 10.1 Å². The first kappa shape index (κ1) is 9.34. The van der Waals surface area contributed by atoms with E-state index in [0.717, 1.165) is 0 Å². The lowest BCUT2D eigenvalue weighted by molar-refractivity contribution is -0.157. The average molecular weight is 180 g/mol. The molecule has 4 nitrogen and oxygen atoms in total. The molecule has 0 aliphatic carbocycles. The standard InChI is InChI=1S/C6H10F2N2O2/c7-6(8)12-3-1-4(5(9)11)10-2-3/h3-4,6,10H,1-2H2,(H2,9,11). The van der Waals surface area contributed by atoms with Gasteiger partial charge in [0.25, 0.3) is 0 Å². The second-order valence-electron chi connectivity index (χ2n) is 2.62. The predicted octanol–water partition coefficient (Wildman–Crippen LogP) is -0.559. The SMILES string of the molecule is NC(=O)C1CC(OC(F)F)CN1. The number of hydrogen-bond donors (Lipinski definition) is 2. The quantitative estimate of drug-likeness (QED) is 0.612. The van der Waals surface area contributed by atoms with E-state index in [1.807, 2.05) is 0 Å². The fourth-order valence-electron chi connectivity index (χ4n) is 1.17. The second kappa shape index (κ2) is 3.77. The Balaban J connectivity index is 2.30. The summed E-state index contributed by atoms with van der Waals surface area (Å²) < 4.78 is 27.5. The van der Waals surface area contributed by atoms with Crippen molar-refractivity contribution >= 4 is 5.91 Å². The molecule has 12 heavy (non-hydrogen) atoms. The molecule has 0 aromatic carbocycles. The van der Waals surface area contributed by atoms with E-state index in [9.17, 15) is 13.6 Å². The van der Waals surface area contributed by atoms with Gasteiger partial charge in [0, 0.05) is 6.54 Å². The summed E-state index contributed by atoms with van der Waals surface area (Å²) in [6.07, 6.45) is -0.387. The van der Waals surface area contributed by atoms with Crippen molar-refractivity contribution in [3.05, 3.63) is 0 Å². The molecule has 2 atom stereocenters. The Labute approximate surface area is 68.1 Å². The summed E-state index contributed by atoms with van der Waals surface area (Å²) in [5.41, 5.74) is 4.95. The molecule has 3 N–H and O–H groups in total. The summed E-state index contributed by atoms with van der Waals surface area (Å²) in [7, 11) is 0. The Morgan fingerprint density at radius 1 is 1.67 bits per heavy atom. The summed E-state index contributed by atoms with van der Waals surface area (Å²) in [4.78, 5) is 10.5. The van der Waals surface area contributed by atoms with E-state index in [1.54, 1.807) is 0 Å². The molecule has 1 amide bonds. The van der Waals surface area contributed by atoms with Crippen LogP contribution in [0, 0.1) is 0 Å². The van der Waals surface area contributed by atoms with Crippen molar-refractivity contribution in [1.82, 2.24) is 5.32 Å². The van der Waals surface area contributed by atoms with Crippen molar-refractivity contribution in [3.8, 4) is 0 Å². The van der Waals surface area contributed by atoms with Gasteiger partial charge in [0.1, 0.15) is 0 Å². The highest BCUT2D eigenvalue weighted by atomic mass is 19.3. The largest absolute Gasteiger partial charge is 0.368 e. The fourth-order valence-corrected chi connectivity index (χ4v) is 1.17. The van der Waals surface area contributed by atoms with Gasteiger partial charge < -0.3 is 15.8 Å². The van der Waals surface area contributed by atoms with Gasteiger partial charge in [0.15, 0.2) is 0 Å². The number of hydrogen-bond acceptors (Lipinski definition) is 3. The fraction of sp³-hybridized carbons (Fsp3) is 0.833. The molecule has 2 unspecified atom stereocenters. The number of nitrogens with one attached hydrogen (secondary N) is 1. The van der Waals surface area contributed by atoms with Crippen molar-refractivity contribution < 1.29 is 18.3 Å². The Hall–Kier alpha value is -0.750. The van der Waals surface area contributed by atoms with Crippen LogP contribution in [0.1, 0.15) is 6.42 Å². The third-order valence-electron chi connectivity index (χ3n) is 1.73. The number of alkyl halides is 2. The summed E-state index contributed by atoms with van der Waals surface area (Å²) >= 11 is 0. The minimum absolute atomic E-state index is 0.222. The van der Waals surface area contributed by atoms with Gasteiger partial charge >= 0.3 is 6.61 Å². The van der Waals surface area contributed by atoms with Gasteiger partial charge in [-0.1, -0.05) is 0 Å². The topological polar surface area (TPSA) is 64.4 Å². The van der Waals surface area contributed by atoms with Gasteiger partial charge in [-0.05, 0) is 6.42 Å². The van der Waals surface area contributed by atoms with Crippen LogP contribution in [-0.2, 0) is 9.53 Å². The first-order valence-corrected chi connectivity index (χ1v) is 3.56. The molecule has 1 fully saturated rings. The van der Waals surface area contributed by atoms with Crippen LogP contribution in [0.4, 0.5) is 8.78 Å². The molecule has 0 radical (unpaired) electrons. The number of amides is 1. The van der Waals surface area contributed by atoms with Crippen molar-refractivity contribution in [2.24, 2.45) is 5.73 Å². The number of primary amides is 1. The molecule has 1 aliphatic rings. The minimum atomic E-state index is -2.79. The van der Waals surface area contributed by atoms with Crippen LogP contribution in [0.3, 0.4) is 0 Å². The van der Waals surface area contributed by atoms with Gasteiger partial charge in [-0.3, -0.25) is 4.79 Å². The molecular formula is C6H10F2N2O2. The maximum absolute atomic E-state index is 11.6. The van der Waals surface area contributed by atoms with Crippen molar-refractivity contribution in [2.75, 3.05) is 6.54 Å². The number of carbonyl (C=O) groups is 1. The first-order chi connectivity index (χ1) is 5.59. The van der Waals surface area contributed by atoms with Crippen LogP contribution in [0.25, 0.3) is 0 Å². The predicted molar refractivity (Wildman–Crippen MR) is 36.5 cm³/mol. The monoisotopic (exact) mass is 180 g/mol. The Kier molecular flexibility index (Phi) is 2.93. The third-order valence-corrected chi connectivity index (χ3v) is 1.73. The highest BCUT2D eigenvalue weighted by molar-refractivity contribution is 5.80. The van der Waals surface area contributed by atoms with Gasteiger partial charge in [-0.25, -0.2) is 0 Å². The summed E-state index contributed by atoms with van der Waals surface area (Å²) in [5.74, 6) is -0.532. The van der Waals surface area contributed by atoms with Crippen molar-refractivity contribution in [1.29, 1.82) is 0 Å².